The number of nitriles is 1. The van der Waals surface area contributed by atoms with Crippen LogP contribution in [0.5, 0.6) is 0 Å². The van der Waals surface area contributed by atoms with Crippen LogP contribution in [0.2, 0.25) is 0 Å². The Balaban J connectivity index is 2.09. The predicted octanol–water partition coefficient (Wildman–Crippen LogP) is 2.05. The van der Waals surface area contributed by atoms with Gasteiger partial charge < -0.3 is 5.11 Å². The van der Waals surface area contributed by atoms with Gasteiger partial charge in [0.2, 0.25) is 0 Å². The highest BCUT2D eigenvalue weighted by Crippen LogP contribution is 2.18. The number of hydrogen-bond acceptors (Lipinski definition) is 4. The predicted molar refractivity (Wildman–Crippen MR) is 74.7 cm³/mol. The van der Waals surface area contributed by atoms with Crippen LogP contribution in [0.4, 0.5) is 0 Å². The number of rotatable bonds is 3. The lowest BCUT2D eigenvalue weighted by molar-refractivity contribution is 0.0698. The summed E-state index contributed by atoms with van der Waals surface area (Å²) in [4.78, 5) is 11.3. The van der Waals surface area contributed by atoms with E-state index < -0.39 is 5.97 Å². The van der Waals surface area contributed by atoms with E-state index in [0.717, 1.165) is 5.56 Å². The van der Waals surface area contributed by atoms with Crippen LogP contribution in [0.25, 0.3) is 11.0 Å². The summed E-state index contributed by atoms with van der Waals surface area (Å²) in [6.45, 7) is 0.357. The van der Waals surface area contributed by atoms with E-state index in [1.807, 2.05) is 6.07 Å². The third-order valence-electron chi connectivity index (χ3n) is 3.15. The fourth-order valence-electron chi connectivity index (χ4n) is 2.23. The van der Waals surface area contributed by atoms with Gasteiger partial charge in [-0.1, -0.05) is 23.4 Å². The van der Waals surface area contributed by atoms with Crippen molar-refractivity contribution in [3.63, 3.8) is 0 Å². The van der Waals surface area contributed by atoms with Gasteiger partial charge in [0.15, 0.2) is 0 Å². The molecule has 3 aromatic rings. The quantitative estimate of drug-likeness (QED) is 0.791. The van der Waals surface area contributed by atoms with Gasteiger partial charge in [-0.15, -0.1) is 5.10 Å². The van der Waals surface area contributed by atoms with E-state index in [2.05, 4.69) is 16.4 Å². The number of carbonyl (C=O) groups is 1. The molecule has 1 heterocycles. The van der Waals surface area contributed by atoms with Crippen molar-refractivity contribution < 1.29 is 9.90 Å². The molecule has 0 spiro atoms. The van der Waals surface area contributed by atoms with Crippen LogP contribution in [0.1, 0.15) is 21.5 Å². The van der Waals surface area contributed by atoms with Crippen LogP contribution in [-0.2, 0) is 6.54 Å². The highest BCUT2D eigenvalue weighted by Gasteiger charge is 2.14. The van der Waals surface area contributed by atoms with Crippen LogP contribution >= 0.6 is 0 Å². The van der Waals surface area contributed by atoms with Gasteiger partial charge in [0.25, 0.3) is 0 Å². The Morgan fingerprint density at radius 3 is 2.86 bits per heavy atom. The van der Waals surface area contributed by atoms with Gasteiger partial charge in [-0.3, -0.25) is 0 Å². The van der Waals surface area contributed by atoms with Crippen molar-refractivity contribution >= 4 is 17.0 Å². The molecule has 0 unspecified atom stereocenters. The number of carboxylic acid groups (broad SMARTS) is 1. The Morgan fingerprint density at radius 2 is 2.10 bits per heavy atom. The lowest BCUT2D eigenvalue weighted by atomic mass is 10.1. The highest BCUT2D eigenvalue weighted by atomic mass is 16.4. The number of aromatic nitrogens is 3. The summed E-state index contributed by atoms with van der Waals surface area (Å²) in [6, 6.07) is 14.1. The van der Waals surface area contributed by atoms with Crippen molar-refractivity contribution in [1.29, 1.82) is 5.26 Å². The van der Waals surface area contributed by atoms with Crippen molar-refractivity contribution in [2.24, 2.45) is 0 Å². The highest BCUT2D eigenvalue weighted by molar-refractivity contribution is 6.00. The number of carboxylic acids is 1. The van der Waals surface area contributed by atoms with Crippen molar-refractivity contribution in [2.75, 3.05) is 0 Å². The monoisotopic (exact) mass is 278 g/mol. The van der Waals surface area contributed by atoms with Crippen LogP contribution in [-0.4, -0.2) is 26.1 Å². The fraction of sp³-hybridized carbons (Fsp3) is 0.0667. The maximum atomic E-state index is 11.3. The molecule has 0 saturated heterocycles. The molecule has 0 aliphatic rings. The Labute approximate surface area is 119 Å². The molecule has 0 amide bonds. The first-order chi connectivity index (χ1) is 10.2. The minimum absolute atomic E-state index is 0.161. The third kappa shape index (κ3) is 2.32. The lowest BCUT2D eigenvalue weighted by Crippen LogP contribution is -2.06. The number of fused-ring (bicyclic) bond motifs is 1. The van der Waals surface area contributed by atoms with Crippen LogP contribution in [0.3, 0.4) is 0 Å². The second-order valence-electron chi connectivity index (χ2n) is 4.54. The molecule has 2 aromatic carbocycles. The molecule has 21 heavy (non-hydrogen) atoms. The first kappa shape index (κ1) is 12.8. The second kappa shape index (κ2) is 5.06. The molecule has 0 aliphatic carbocycles. The zero-order valence-corrected chi connectivity index (χ0v) is 10.9. The average molecular weight is 278 g/mol. The Bertz CT molecular complexity index is 877. The summed E-state index contributed by atoms with van der Waals surface area (Å²) >= 11 is 0. The van der Waals surface area contributed by atoms with Crippen LogP contribution in [0, 0.1) is 11.3 Å². The Hall–Kier alpha value is -3.20. The molecule has 0 fully saturated rings. The molecule has 0 bridgehead atoms. The number of hydrogen-bond donors (Lipinski definition) is 1. The average Bonchev–Trinajstić information content (AvgIpc) is 2.90. The normalized spacial score (nSPS) is 10.4. The summed E-state index contributed by atoms with van der Waals surface area (Å²) < 4.78 is 1.54. The molecule has 0 saturated carbocycles. The molecule has 3 rings (SSSR count). The smallest absolute Gasteiger partial charge is 0.337 e. The molecule has 0 atom stereocenters. The summed E-state index contributed by atoms with van der Waals surface area (Å²) in [5.74, 6) is -1.02. The molecule has 102 valence electrons. The summed E-state index contributed by atoms with van der Waals surface area (Å²) in [5.41, 5.74) is 2.59. The summed E-state index contributed by atoms with van der Waals surface area (Å²) in [7, 11) is 0. The van der Waals surface area contributed by atoms with E-state index >= 15 is 0 Å². The van der Waals surface area contributed by atoms with E-state index in [4.69, 9.17) is 5.26 Å². The first-order valence-corrected chi connectivity index (χ1v) is 6.23. The number of aromatic carboxylic acids is 1. The van der Waals surface area contributed by atoms with E-state index in [9.17, 15) is 9.90 Å². The van der Waals surface area contributed by atoms with Gasteiger partial charge in [-0.05, 0) is 29.8 Å². The van der Waals surface area contributed by atoms with Gasteiger partial charge >= 0.3 is 5.97 Å². The minimum atomic E-state index is -1.02. The van der Waals surface area contributed by atoms with Gasteiger partial charge in [0.1, 0.15) is 11.0 Å². The maximum Gasteiger partial charge on any atom is 0.337 e. The summed E-state index contributed by atoms with van der Waals surface area (Å²) in [5, 5.41) is 26.2. The Morgan fingerprint density at radius 1 is 1.29 bits per heavy atom. The molecular formula is C15H10N4O2. The van der Waals surface area contributed by atoms with Crippen molar-refractivity contribution in [3.8, 4) is 6.07 Å². The van der Waals surface area contributed by atoms with Gasteiger partial charge in [-0.2, -0.15) is 5.26 Å². The van der Waals surface area contributed by atoms with Gasteiger partial charge in [-0.25, -0.2) is 9.48 Å². The number of benzene rings is 2. The third-order valence-corrected chi connectivity index (χ3v) is 3.15. The van der Waals surface area contributed by atoms with E-state index in [1.165, 1.54) is 10.7 Å². The molecule has 1 N–H and O–H groups in total. The van der Waals surface area contributed by atoms with Gasteiger partial charge in [0.05, 0.1) is 23.7 Å². The van der Waals surface area contributed by atoms with Crippen molar-refractivity contribution in [3.05, 3.63) is 59.2 Å². The molecule has 6 heteroatoms. The minimum Gasteiger partial charge on any atom is -0.478 e. The maximum absolute atomic E-state index is 11.3. The fourth-order valence-corrected chi connectivity index (χ4v) is 2.23. The van der Waals surface area contributed by atoms with E-state index in [-0.39, 0.29) is 5.56 Å². The molecular weight excluding hydrogens is 268 g/mol. The summed E-state index contributed by atoms with van der Waals surface area (Å²) in [6.07, 6.45) is 0. The molecule has 6 nitrogen and oxygen atoms in total. The van der Waals surface area contributed by atoms with Gasteiger partial charge in [0, 0.05) is 0 Å². The standard InChI is InChI=1S/C15H10N4O2/c16-8-10-3-1-4-11(7-10)9-19-14-12(15(20)21)5-2-6-13(14)17-18-19/h1-7H,9H2,(H,20,21). The van der Waals surface area contributed by atoms with Crippen LogP contribution < -0.4 is 0 Å². The number of nitrogens with zero attached hydrogens (tertiary/aromatic N) is 4. The van der Waals surface area contributed by atoms with E-state index in [0.29, 0.717) is 23.1 Å². The zero-order chi connectivity index (χ0) is 14.8. The second-order valence-corrected chi connectivity index (χ2v) is 4.54. The van der Waals surface area contributed by atoms with Crippen LogP contribution in [0.15, 0.2) is 42.5 Å². The molecule has 0 radical (unpaired) electrons. The number of para-hydroxylation sites is 1. The zero-order valence-electron chi connectivity index (χ0n) is 10.9. The molecule has 0 aliphatic heterocycles. The van der Waals surface area contributed by atoms with E-state index in [1.54, 1.807) is 30.3 Å². The topological polar surface area (TPSA) is 91.8 Å². The largest absolute Gasteiger partial charge is 0.478 e. The molecule has 1 aromatic heterocycles. The lowest BCUT2D eigenvalue weighted by Gasteiger charge is -2.05. The Kier molecular flexibility index (Phi) is 3.09. The van der Waals surface area contributed by atoms with Crippen molar-refractivity contribution in [2.45, 2.75) is 6.54 Å². The SMILES string of the molecule is N#Cc1cccc(Cn2nnc3cccc(C(=O)O)c32)c1. The van der Waals surface area contributed by atoms with Crippen molar-refractivity contribution in [1.82, 2.24) is 15.0 Å². The first-order valence-electron chi connectivity index (χ1n) is 6.23.